The highest BCUT2D eigenvalue weighted by Crippen LogP contribution is 2.38. The third kappa shape index (κ3) is 3.03. The van der Waals surface area contributed by atoms with E-state index in [0.717, 1.165) is 37.4 Å². The molecule has 0 aliphatic heterocycles. The van der Waals surface area contributed by atoms with E-state index in [9.17, 15) is 8.78 Å². The number of hydrogen-bond acceptors (Lipinski definition) is 1. The molecular formula is C14H19F2N. The van der Waals surface area contributed by atoms with Crippen molar-refractivity contribution in [3.8, 4) is 0 Å². The number of hydrogen-bond donors (Lipinski definition) is 1. The first-order valence-corrected chi connectivity index (χ1v) is 6.40. The molecule has 1 fully saturated rings. The summed E-state index contributed by atoms with van der Waals surface area (Å²) in [6.45, 7) is 2.98. The van der Waals surface area contributed by atoms with E-state index in [2.05, 4.69) is 12.2 Å². The van der Waals surface area contributed by atoms with Crippen LogP contribution < -0.4 is 5.32 Å². The van der Waals surface area contributed by atoms with Crippen molar-refractivity contribution in [3.63, 3.8) is 0 Å². The second-order valence-corrected chi connectivity index (χ2v) is 4.83. The van der Waals surface area contributed by atoms with Gasteiger partial charge in [0.25, 0.3) is 0 Å². The van der Waals surface area contributed by atoms with Gasteiger partial charge in [-0.25, -0.2) is 8.78 Å². The van der Waals surface area contributed by atoms with Gasteiger partial charge in [-0.1, -0.05) is 13.3 Å². The SMILES string of the molecule is CCCNC(c1cc(F)cc(F)c1)C1CCC1. The molecule has 0 aromatic heterocycles. The number of rotatable bonds is 5. The second kappa shape index (κ2) is 5.58. The Labute approximate surface area is 101 Å². The van der Waals surface area contributed by atoms with Crippen LogP contribution in [-0.4, -0.2) is 6.54 Å². The van der Waals surface area contributed by atoms with Crippen LogP contribution in [0.3, 0.4) is 0 Å². The quantitative estimate of drug-likeness (QED) is 0.824. The summed E-state index contributed by atoms with van der Waals surface area (Å²) >= 11 is 0. The van der Waals surface area contributed by atoms with Crippen molar-refractivity contribution < 1.29 is 8.78 Å². The lowest BCUT2D eigenvalue weighted by molar-refractivity contribution is 0.230. The van der Waals surface area contributed by atoms with Crippen molar-refractivity contribution in [2.24, 2.45) is 5.92 Å². The van der Waals surface area contributed by atoms with Crippen LogP contribution in [0.15, 0.2) is 18.2 Å². The van der Waals surface area contributed by atoms with Gasteiger partial charge in [-0.05, 0) is 49.4 Å². The van der Waals surface area contributed by atoms with Gasteiger partial charge >= 0.3 is 0 Å². The van der Waals surface area contributed by atoms with Crippen molar-refractivity contribution in [2.75, 3.05) is 6.54 Å². The van der Waals surface area contributed by atoms with Crippen LogP contribution in [0.2, 0.25) is 0 Å². The van der Waals surface area contributed by atoms with Crippen LogP contribution in [0.5, 0.6) is 0 Å². The molecule has 0 heterocycles. The Morgan fingerprint density at radius 3 is 2.35 bits per heavy atom. The Morgan fingerprint density at radius 1 is 1.24 bits per heavy atom. The van der Waals surface area contributed by atoms with Crippen LogP contribution >= 0.6 is 0 Å². The molecule has 1 saturated carbocycles. The maximum absolute atomic E-state index is 13.2. The maximum Gasteiger partial charge on any atom is 0.126 e. The molecule has 17 heavy (non-hydrogen) atoms. The molecule has 0 spiro atoms. The second-order valence-electron chi connectivity index (χ2n) is 4.83. The zero-order chi connectivity index (χ0) is 12.3. The van der Waals surface area contributed by atoms with E-state index in [0.29, 0.717) is 5.92 Å². The van der Waals surface area contributed by atoms with E-state index in [1.54, 1.807) is 0 Å². The van der Waals surface area contributed by atoms with Crippen LogP contribution in [0.25, 0.3) is 0 Å². The van der Waals surface area contributed by atoms with Gasteiger partial charge in [0, 0.05) is 12.1 Å². The van der Waals surface area contributed by atoms with Gasteiger partial charge in [0.15, 0.2) is 0 Å². The Bertz CT molecular complexity index is 354. The highest BCUT2D eigenvalue weighted by Gasteiger charge is 2.28. The molecule has 1 unspecified atom stereocenters. The summed E-state index contributed by atoms with van der Waals surface area (Å²) in [6.07, 6.45) is 4.56. The fourth-order valence-electron chi connectivity index (χ4n) is 2.38. The molecule has 94 valence electrons. The van der Waals surface area contributed by atoms with Crippen molar-refractivity contribution in [1.29, 1.82) is 0 Å². The molecule has 1 nitrogen and oxygen atoms in total. The van der Waals surface area contributed by atoms with Crippen LogP contribution in [-0.2, 0) is 0 Å². The molecule has 2 rings (SSSR count). The van der Waals surface area contributed by atoms with Crippen molar-refractivity contribution in [3.05, 3.63) is 35.4 Å². The largest absolute Gasteiger partial charge is 0.310 e. The van der Waals surface area contributed by atoms with E-state index in [1.807, 2.05) is 0 Å². The summed E-state index contributed by atoms with van der Waals surface area (Å²) in [6, 6.07) is 3.94. The molecule has 1 aliphatic carbocycles. The molecule has 0 amide bonds. The van der Waals surface area contributed by atoms with Gasteiger partial charge in [0.05, 0.1) is 0 Å². The average Bonchev–Trinajstić information content (AvgIpc) is 2.19. The van der Waals surface area contributed by atoms with Crippen molar-refractivity contribution >= 4 is 0 Å². The molecule has 0 bridgehead atoms. The third-order valence-electron chi connectivity index (χ3n) is 3.48. The van der Waals surface area contributed by atoms with Gasteiger partial charge < -0.3 is 5.32 Å². The summed E-state index contributed by atoms with van der Waals surface area (Å²) in [5, 5.41) is 3.41. The first-order chi connectivity index (χ1) is 8.20. The highest BCUT2D eigenvalue weighted by atomic mass is 19.1. The van der Waals surface area contributed by atoms with Crippen LogP contribution in [0.1, 0.15) is 44.2 Å². The van der Waals surface area contributed by atoms with E-state index < -0.39 is 11.6 Å². The Balaban J connectivity index is 2.17. The molecule has 0 radical (unpaired) electrons. The van der Waals surface area contributed by atoms with Crippen LogP contribution in [0.4, 0.5) is 8.78 Å². The van der Waals surface area contributed by atoms with Gasteiger partial charge in [-0.15, -0.1) is 0 Å². The molecule has 1 aliphatic rings. The summed E-state index contributed by atoms with van der Waals surface area (Å²) in [5.74, 6) is -0.437. The normalized spacial score (nSPS) is 17.8. The average molecular weight is 239 g/mol. The zero-order valence-corrected chi connectivity index (χ0v) is 10.2. The third-order valence-corrected chi connectivity index (χ3v) is 3.48. The molecule has 1 aromatic rings. The molecular weight excluding hydrogens is 220 g/mol. The lowest BCUT2D eigenvalue weighted by Crippen LogP contribution is -2.32. The fraction of sp³-hybridized carbons (Fsp3) is 0.571. The van der Waals surface area contributed by atoms with E-state index in [4.69, 9.17) is 0 Å². The van der Waals surface area contributed by atoms with Gasteiger partial charge in [0.1, 0.15) is 11.6 Å². The summed E-state index contributed by atoms with van der Waals surface area (Å²) in [4.78, 5) is 0. The number of halogens is 2. The first kappa shape index (κ1) is 12.5. The van der Waals surface area contributed by atoms with Gasteiger partial charge in [0.2, 0.25) is 0 Å². The molecule has 1 aromatic carbocycles. The fourth-order valence-corrected chi connectivity index (χ4v) is 2.38. The minimum absolute atomic E-state index is 0.105. The Morgan fingerprint density at radius 2 is 1.88 bits per heavy atom. The lowest BCUT2D eigenvalue weighted by atomic mass is 9.77. The summed E-state index contributed by atoms with van der Waals surface area (Å²) in [7, 11) is 0. The topological polar surface area (TPSA) is 12.0 Å². The molecule has 1 atom stereocenters. The number of nitrogens with one attached hydrogen (secondary N) is 1. The summed E-state index contributed by atoms with van der Waals surface area (Å²) < 4.78 is 26.5. The predicted octanol–water partition coefficient (Wildman–Crippen LogP) is 3.81. The van der Waals surface area contributed by atoms with E-state index in [1.165, 1.54) is 18.6 Å². The predicted molar refractivity (Wildman–Crippen MR) is 64.7 cm³/mol. The Hall–Kier alpha value is -0.960. The first-order valence-electron chi connectivity index (χ1n) is 6.40. The van der Waals surface area contributed by atoms with Crippen molar-refractivity contribution in [2.45, 2.75) is 38.6 Å². The van der Waals surface area contributed by atoms with Gasteiger partial charge in [-0.2, -0.15) is 0 Å². The van der Waals surface area contributed by atoms with Crippen molar-refractivity contribution in [1.82, 2.24) is 5.32 Å². The van der Waals surface area contributed by atoms with Gasteiger partial charge in [-0.3, -0.25) is 0 Å². The lowest BCUT2D eigenvalue weighted by Gasteiger charge is -2.35. The monoisotopic (exact) mass is 239 g/mol. The van der Waals surface area contributed by atoms with E-state index in [-0.39, 0.29) is 6.04 Å². The number of benzene rings is 1. The summed E-state index contributed by atoms with van der Waals surface area (Å²) in [5.41, 5.74) is 0.751. The van der Waals surface area contributed by atoms with Crippen LogP contribution in [0, 0.1) is 17.6 Å². The Kier molecular flexibility index (Phi) is 4.11. The van der Waals surface area contributed by atoms with E-state index >= 15 is 0 Å². The highest BCUT2D eigenvalue weighted by molar-refractivity contribution is 5.22. The molecule has 0 saturated heterocycles. The molecule has 3 heteroatoms. The zero-order valence-electron chi connectivity index (χ0n) is 10.2. The minimum atomic E-state index is -0.484. The smallest absolute Gasteiger partial charge is 0.126 e. The maximum atomic E-state index is 13.2. The standard InChI is InChI=1S/C14H19F2N/c1-2-6-17-14(10-4-3-5-10)11-7-12(15)9-13(16)8-11/h7-10,14,17H,2-6H2,1H3. The minimum Gasteiger partial charge on any atom is -0.310 e. The molecule has 1 N–H and O–H groups in total.